The number of benzene rings is 1. The predicted molar refractivity (Wildman–Crippen MR) is 59.5 cm³/mol. The van der Waals surface area contributed by atoms with Crippen LogP contribution in [0.2, 0.25) is 0 Å². The molecule has 14 heavy (non-hydrogen) atoms. The predicted octanol–water partition coefficient (Wildman–Crippen LogP) is 2.65. The molecule has 2 rings (SSSR count). The average molecular weight is 185 g/mol. The van der Waals surface area contributed by atoms with Gasteiger partial charge in [0, 0.05) is 11.6 Å². The zero-order chi connectivity index (χ0) is 9.80. The van der Waals surface area contributed by atoms with Crippen molar-refractivity contribution in [2.75, 3.05) is 5.43 Å². The molecular formula is C11H11N3. The summed E-state index contributed by atoms with van der Waals surface area (Å²) >= 11 is 0. The van der Waals surface area contributed by atoms with Crippen molar-refractivity contribution in [3.05, 3.63) is 36.4 Å². The molecule has 70 valence electrons. The lowest BCUT2D eigenvalue weighted by atomic mass is 10.2. The second-order valence-electron chi connectivity index (χ2n) is 2.89. The molecule has 0 aliphatic carbocycles. The minimum Gasteiger partial charge on any atom is -0.262 e. The third kappa shape index (κ3) is 1.71. The molecule has 0 fully saturated rings. The van der Waals surface area contributed by atoms with E-state index in [0.29, 0.717) is 0 Å². The summed E-state index contributed by atoms with van der Waals surface area (Å²) < 4.78 is 0. The van der Waals surface area contributed by atoms with Gasteiger partial charge in [0.25, 0.3) is 0 Å². The summed E-state index contributed by atoms with van der Waals surface area (Å²) in [6, 6.07) is 11.9. The van der Waals surface area contributed by atoms with Crippen molar-refractivity contribution in [3.8, 4) is 0 Å². The molecule has 0 saturated heterocycles. The number of nitrogens with one attached hydrogen (secondary N) is 1. The van der Waals surface area contributed by atoms with Crippen molar-refractivity contribution in [2.24, 2.45) is 5.10 Å². The first-order valence-corrected chi connectivity index (χ1v) is 4.49. The second-order valence-corrected chi connectivity index (χ2v) is 2.89. The molecule has 0 bridgehead atoms. The van der Waals surface area contributed by atoms with Gasteiger partial charge in [-0.3, -0.25) is 5.43 Å². The van der Waals surface area contributed by atoms with Gasteiger partial charge >= 0.3 is 0 Å². The van der Waals surface area contributed by atoms with Gasteiger partial charge < -0.3 is 0 Å². The molecule has 1 N–H and O–H groups in total. The van der Waals surface area contributed by atoms with Crippen LogP contribution in [0.25, 0.3) is 10.9 Å². The van der Waals surface area contributed by atoms with E-state index in [1.807, 2.05) is 43.3 Å². The van der Waals surface area contributed by atoms with Crippen LogP contribution in [0.15, 0.2) is 41.5 Å². The van der Waals surface area contributed by atoms with Gasteiger partial charge in [0.15, 0.2) is 0 Å². The van der Waals surface area contributed by atoms with E-state index in [0.717, 1.165) is 16.7 Å². The lowest BCUT2D eigenvalue weighted by Gasteiger charge is -2.00. The highest BCUT2D eigenvalue weighted by molar-refractivity contribution is 5.80. The first-order valence-electron chi connectivity index (χ1n) is 4.49. The highest BCUT2D eigenvalue weighted by Gasteiger charge is 1.94. The number of hydrazone groups is 1. The molecule has 1 aromatic carbocycles. The van der Waals surface area contributed by atoms with Gasteiger partial charge in [-0.05, 0) is 25.1 Å². The van der Waals surface area contributed by atoms with Crippen molar-refractivity contribution in [2.45, 2.75) is 6.92 Å². The fourth-order valence-electron chi connectivity index (χ4n) is 1.26. The number of anilines is 1. The van der Waals surface area contributed by atoms with Crippen LogP contribution in [0.4, 0.5) is 5.82 Å². The van der Waals surface area contributed by atoms with Crippen molar-refractivity contribution < 1.29 is 0 Å². The first kappa shape index (κ1) is 8.69. The molecule has 0 aliphatic heterocycles. The molecule has 0 unspecified atom stereocenters. The summed E-state index contributed by atoms with van der Waals surface area (Å²) in [6.45, 7) is 1.86. The van der Waals surface area contributed by atoms with Gasteiger partial charge in [-0.2, -0.15) is 5.10 Å². The smallest absolute Gasteiger partial charge is 0.146 e. The summed E-state index contributed by atoms with van der Waals surface area (Å²) in [6.07, 6.45) is 1.69. The van der Waals surface area contributed by atoms with Gasteiger partial charge in [-0.15, -0.1) is 0 Å². The summed E-state index contributed by atoms with van der Waals surface area (Å²) in [7, 11) is 0. The molecule has 1 aromatic heterocycles. The van der Waals surface area contributed by atoms with Crippen molar-refractivity contribution in [1.82, 2.24) is 4.98 Å². The number of pyridine rings is 1. The third-order valence-corrected chi connectivity index (χ3v) is 1.91. The van der Waals surface area contributed by atoms with Gasteiger partial charge in [0.05, 0.1) is 5.52 Å². The lowest BCUT2D eigenvalue weighted by molar-refractivity contribution is 1.26. The van der Waals surface area contributed by atoms with Gasteiger partial charge in [0.1, 0.15) is 5.82 Å². The van der Waals surface area contributed by atoms with Gasteiger partial charge in [-0.1, -0.05) is 18.2 Å². The van der Waals surface area contributed by atoms with Crippen LogP contribution >= 0.6 is 0 Å². The topological polar surface area (TPSA) is 37.3 Å². The van der Waals surface area contributed by atoms with Crippen LogP contribution < -0.4 is 5.43 Å². The molecular weight excluding hydrogens is 174 g/mol. The van der Waals surface area contributed by atoms with Crippen LogP contribution in [0, 0.1) is 0 Å². The van der Waals surface area contributed by atoms with Crippen molar-refractivity contribution in [1.29, 1.82) is 0 Å². The summed E-state index contributed by atoms with van der Waals surface area (Å²) in [5, 5.41) is 5.05. The Morgan fingerprint density at radius 3 is 2.93 bits per heavy atom. The van der Waals surface area contributed by atoms with Crippen LogP contribution in [0.3, 0.4) is 0 Å². The zero-order valence-corrected chi connectivity index (χ0v) is 7.94. The molecule has 0 amide bonds. The number of aromatic nitrogens is 1. The maximum Gasteiger partial charge on any atom is 0.146 e. The molecule has 0 radical (unpaired) electrons. The van der Waals surface area contributed by atoms with E-state index in [-0.39, 0.29) is 0 Å². The van der Waals surface area contributed by atoms with E-state index in [2.05, 4.69) is 15.5 Å². The number of rotatable bonds is 2. The van der Waals surface area contributed by atoms with Crippen molar-refractivity contribution in [3.63, 3.8) is 0 Å². The standard InChI is InChI=1S/C11H11N3/c1-2-12-14-11-8-7-9-5-3-4-6-10(9)13-11/h2-8H,1H3,(H,13,14)/b12-2+. The van der Waals surface area contributed by atoms with Gasteiger partial charge in [0.2, 0.25) is 0 Å². The Hall–Kier alpha value is -1.90. The second kappa shape index (κ2) is 3.87. The third-order valence-electron chi connectivity index (χ3n) is 1.91. The Balaban J connectivity index is 2.41. The Labute approximate surface area is 82.5 Å². The number of hydrogen-bond acceptors (Lipinski definition) is 3. The number of fused-ring (bicyclic) bond motifs is 1. The molecule has 3 heteroatoms. The molecule has 2 aromatic rings. The van der Waals surface area contributed by atoms with Gasteiger partial charge in [-0.25, -0.2) is 4.98 Å². The van der Waals surface area contributed by atoms with E-state index in [4.69, 9.17) is 0 Å². The molecule has 0 saturated carbocycles. The number of hydrogen-bond donors (Lipinski definition) is 1. The lowest BCUT2D eigenvalue weighted by Crippen LogP contribution is -1.91. The van der Waals surface area contributed by atoms with E-state index >= 15 is 0 Å². The first-order chi connectivity index (χ1) is 6.90. The highest BCUT2D eigenvalue weighted by Crippen LogP contribution is 2.14. The van der Waals surface area contributed by atoms with E-state index in [1.165, 1.54) is 0 Å². The maximum absolute atomic E-state index is 4.39. The van der Waals surface area contributed by atoms with E-state index < -0.39 is 0 Å². The summed E-state index contributed by atoms with van der Waals surface area (Å²) in [5.41, 5.74) is 3.82. The highest BCUT2D eigenvalue weighted by atomic mass is 15.3. The minimum atomic E-state index is 0.766. The molecule has 0 aliphatic rings. The average Bonchev–Trinajstić information content (AvgIpc) is 2.26. The van der Waals surface area contributed by atoms with Crippen LogP contribution in [-0.2, 0) is 0 Å². The Morgan fingerprint density at radius 2 is 2.07 bits per heavy atom. The quantitative estimate of drug-likeness (QED) is 0.577. The van der Waals surface area contributed by atoms with E-state index in [1.54, 1.807) is 6.21 Å². The Kier molecular flexibility index (Phi) is 2.40. The minimum absolute atomic E-state index is 0.766. The molecule has 0 atom stereocenters. The van der Waals surface area contributed by atoms with Crippen molar-refractivity contribution >= 4 is 22.9 Å². The SMILES string of the molecule is C/C=N/Nc1ccc2ccccc2n1. The normalized spacial score (nSPS) is 10.9. The molecule has 1 heterocycles. The fourth-order valence-corrected chi connectivity index (χ4v) is 1.26. The number of para-hydroxylation sites is 1. The monoisotopic (exact) mass is 185 g/mol. The molecule has 0 spiro atoms. The zero-order valence-electron chi connectivity index (χ0n) is 7.94. The van der Waals surface area contributed by atoms with E-state index in [9.17, 15) is 0 Å². The largest absolute Gasteiger partial charge is 0.262 e. The Morgan fingerprint density at radius 1 is 1.21 bits per heavy atom. The summed E-state index contributed by atoms with van der Waals surface area (Å²) in [5.74, 6) is 0.766. The fraction of sp³-hybridized carbons (Fsp3) is 0.0909. The van der Waals surface area contributed by atoms with Crippen LogP contribution in [-0.4, -0.2) is 11.2 Å². The van der Waals surface area contributed by atoms with Crippen LogP contribution in [0.1, 0.15) is 6.92 Å². The maximum atomic E-state index is 4.39. The molecule has 3 nitrogen and oxygen atoms in total. The Bertz CT molecular complexity index is 463. The summed E-state index contributed by atoms with van der Waals surface area (Å²) in [4.78, 5) is 4.39. The van der Waals surface area contributed by atoms with Crippen LogP contribution in [0.5, 0.6) is 0 Å². The number of nitrogens with zero attached hydrogens (tertiary/aromatic N) is 2.